The van der Waals surface area contributed by atoms with Gasteiger partial charge in [-0.2, -0.15) is 0 Å². The van der Waals surface area contributed by atoms with Crippen molar-refractivity contribution in [1.82, 2.24) is 26.2 Å². The number of ether oxygens (including phenoxy) is 2. The Bertz CT molecular complexity index is 1380. The lowest BCUT2D eigenvalue weighted by Gasteiger charge is -2.31. The Morgan fingerprint density at radius 1 is 0.925 bits per heavy atom. The Morgan fingerprint density at radius 2 is 1.58 bits per heavy atom. The van der Waals surface area contributed by atoms with E-state index in [1.165, 1.54) is 24.1 Å². The van der Waals surface area contributed by atoms with Crippen LogP contribution in [-0.4, -0.2) is 102 Å². The minimum absolute atomic E-state index is 0.00735. The van der Waals surface area contributed by atoms with Crippen molar-refractivity contribution in [3.05, 3.63) is 29.8 Å². The average Bonchev–Trinajstić information content (AvgIpc) is 3.58. The van der Waals surface area contributed by atoms with E-state index < -0.39 is 71.5 Å². The molecule has 0 spiro atoms. The molecule has 1 aliphatic rings. The van der Waals surface area contributed by atoms with Crippen molar-refractivity contribution >= 4 is 35.7 Å². The molecule has 1 fully saturated rings. The van der Waals surface area contributed by atoms with Gasteiger partial charge in [0, 0.05) is 13.0 Å². The van der Waals surface area contributed by atoms with Crippen LogP contribution in [0.15, 0.2) is 24.3 Å². The molecule has 0 bridgehead atoms. The molecule has 6 atom stereocenters. The second-order valence-corrected chi connectivity index (χ2v) is 15.2. The second-order valence-electron chi connectivity index (χ2n) is 15.2. The number of alkyl carbamates (subject to hydrolysis) is 1. The van der Waals surface area contributed by atoms with E-state index in [-0.39, 0.29) is 30.6 Å². The van der Waals surface area contributed by atoms with Gasteiger partial charge in [-0.25, -0.2) is 9.59 Å². The van der Waals surface area contributed by atoms with Crippen LogP contribution in [-0.2, 0) is 39.9 Å². The first-order valence-electron chi connectivity index (χ1n) is 18.7. The van der Waals surface area contributed by atoms with Crippen molar-refractivity contribution in [2.45, 2.75) is 136 Å². The lowest BCUT2D eigenvalue weighted by atomic mass is 9.96. The summed E-state index contributed by atoms with van der Waals surface area (Å²) >= 11 is 0. The molecule has 1 heterocycles. The number of aromatic hydroxyl groups is 1. The number of carbonyl (C=O) groups is 6. The number of phenolic OH excluding ortho intramolecular Hbond substituents is 1. The van der Waals surface area contributed by atoms with E-state index in [4.69, 9.17) is 15.2 Å². The summed E-state index contributed by atoms with van der Waals surface area (Å²) in [7, 11) is 1.24. The first-order chi connectivity index (χ1) is 24.9. The quantitative estimate of drug-likeness (QED) is 0.0898. The molecule has 0 saturated carbocycles. The topological polar surface area (TPSA) is 218 Å². The number of hydrogen-bond acceptors (Lipinski definition) is 10. The molecular formula is C38H62N6O9. The predicted molar refractivity (Wildman–Crippen MR) is 199 cm³/mol. The van der Waals surface area contributed by atoms with Gasteiger partial charge in [-0.05, 0) is 95.4 Å². The summed E-state index contributed by atoms with van der Waals surface area (Å²) in [5.41, 5.74) is 5.51. The Hall–Kier alpha value is -4.40. The zero-order valence-electron chi connectivity index (χ0n) is 32.7. The number of amides is 5. The molecule has 53 heavy (non-hydrogen) atoms. The summed E-state index contributed by atoms with van der Waals surface area (Å²) in [5, 5.41) is 20.9. The normalized spacial score (nSPS) is 17.2. The van der Waals surface area contributed by atoms with E-state index in [0.29, 0.717) is 57.1 Å². The fourth-order valence-electron chi connectivity index (χ4n) is 6.09. The Morgan fingerprint density at radius 3 is 2.15 bits per heavy atom. The SMILES string of the molecule is CC[C@H](C)[C@H](NC(=O)[C@H](Cc1ccc(O)cc1)NC(=O)[C@@H]1CCCN1C(=O)[C@H](CCCCN)NC(=O)OC(C)(C)C)C(=O)N[C@@H](CC(C)C)C(=O)OC. The van der Waals surface area contributed by atoms with Crippen LogP contribution in [0.2, 0.25) is 0 Å². The molecule has 0 unspecified atom stereocenters. The summed E-state index contributed by atoms with van der Waals surface area (Å²) in [5.74, 6) is -3.08. The molecule has 0 radical (unpaired) electrons. The van der Waals surface area contributed by atoms with Crippen LogP contribution >= 0.6 is 0 Å². The molecule has 0 aliphatic carbocycles. The smallest absolute Gasteiger partial charge is 0.408 e. The van der Waals surface area contributed by atoms with E-state index in [0.717, 1.165) is 0 Å². The lowest BCUT2D eigenvalue weighted by Crippen LogP contribution is -2.60. The van der Waals surface area contributed by atoms with Crippen molar-refractivity contribution in [3.8, 4) is 5.75 Å². The Balaban J connectivity index is 2.36. The van der Waals surface area contributed by atoms with Crippen molar-refractivity contribution in [1.29, 1.82) is 0 Å². The molecule has 2 rings (SSSR count). The first kappa shape index (κ1) is 44.8. The van der Waals surface area contributed by atoms with E-state index >= 15 is 0 Å². The Kier molecular flexibility index (Phi) is 18.0. The number of likely N-dealkylation sites (tertiary alicyclic amines) is 1. The van der Waals surface area contributed by atoms with Crippen molar-refractivity contribution in [3.63, 3.8) is 0 Å². The fraction of sp³-hybridized carbons (Fsp3) is 0.684. The summed E-state index contributed by atoms with van der Waals surface area (Å²) in [6, 6.07) is 1.12. The monoisotopic (exact) mass is 746 g/mol. The molecule has 298 valence electrons. The van der Waals surface area contributed by atoms with Gasteiger partial charge < -0.3 is 46.5 Å². The highest BCUT2D eigenvalue weighted by Crippen LogP contribution is 2.22. The third kappa shape index (κ3) is 14.9. The van der Waals surface area contributed by atoms with Crippen LogP contribution < -0.4 is 27.0 Å². The van der Waals surface area contributed by atoms with Gasteiger partial charge in [-0.3, -0.25) is 19.2 Å². The van der Waals surface area contributed by atoms with Crippen LogP contribution in [0.25, 0.3) is 0 Å². The number of methoxy groups -OCH3 is 1. The maximum atomic E-state index is 14.1. The largest absolute Gasteiger partial charge is 0.508 e. The zero-order valence-corrected chi connectivity index (χ0v) is 32.7. The number of benzene rings is 1. The molecule has 0 aromatic heterocycles. The van der Waals surface area contributed by atoms with Crippen LogP contribution in [0.1, 0.15) is 99.0 Å². The molecule has 15 heteroatoms. The highest BCUT2D eigenvalue weighted by molar-refractivity contribution is 5.96. The van der Waals surface area contributed by atoms with E-state index in [2.05, 4.69) is 21.3 Å². The van der Waals surface area contributed by atoms with Crippen LogP contribution in [0.3, 0.4) is 0 Å². The third-order valence-corrected chi connectivity index (χ3v) is 9.09. The van der Waals surface area contributed by atoms with Gasteiger partial charge in [-0.1, -0.05) is 46.2 Å². The van der Waals surface area contributed by atoms with Crippen molar-refractivity contribution in [2.75, 3.05) is 20.2 Å². The van der Waals surface area contributed by atoms with Gasteiger partial charge in [0.25, 0.3) is 0 Å². The zero-order chi connectivity index (χ0) is 39.9. The molecule has 1 saturated heterocycles. The molecule has 7 N–H and O–H groups in total. The number of phenols is 1. The molecule has 1 aliphatic heterocycles. The standard InChI is InChI=1S/C38H62N6O9/c1-9-24(4)31(34(48)41-29(21-23(2)3)36(50)52-8)43-32(46)28(22-25-15-17-26(45)18-16-25)40-33(47)30-14-12-20-44(30)35(49)27(13-10-11-19-39)42-37(51)53-38(5,6)7/h15-18,23-24,27-31,45H,9-14,19-22,39H2,1-8H3,(H,40,47)(H,41,48)(H,42,51)(H,43,46)/t24-,27-,28-,29-,30-,31-/m0/s1. The van der Waals surface area contributed by atoms with Gasteiger partial charge in [0.1, 0.15) is 41.6 Å². The summed E-state index contributed by atoms with van der Waals surface area (Å²) in [6.45, 7) is 13.3. The maximum absolute atomic E-state index is 14.1. The number of nitrogens with zero attached hydrogens (tertiary/aromatic N) is 1. The van der Waals surface area contributed by atoms with Crippen LogP contribution in [0.5, 0.6) is 5.75 Å². The molecule has 15 nitrogen and oxygen atoms in total. The molecule has 1 aromatic rings. The Labute approximate surface area is 313 Å². The maximum Gasteiger partial charge on any atom is 0.408 e. The summed E-state index contributed by atoms with van der Waals surface area (Å²) in [4.78, 5) is 82.2. The number of unbranched alkanes of at least 4 members (excludes halogenated alkanes) is 1. The minimum atomic E-state index is -1.18. The van der Waals surface area contributed by atoms with E-state index in [1.54, 1.807) is 39.8 Å². The van der Waals surface area contributed by atoms with Crippen molar-refractivity contribution < 1.29 is 43.3 Å². The first-order valence-corrected chi connectivity index (χ1v) is 18.7. The van der Waals surface area contributed by atoms with Gasteiger partial charge in [-0.15, -0.1) is 0 Å². The number of esters is 1. The van der Waals surface area contributed by atoms with Gasteiger partial charge in [0.05, 0.1) is 7.11 Å². The number of nitrogens with one attached hydrogen (secondary N) is 4. The molecule has 1 aromatic carbocycles. The molecule has 5 amide bonds. The highest BCUT2D eigenvalue weighted by atomic mass is 16.6. The number of nitrogens with two attached hydrogens (primary N) is 1. The fourth-order valence-corrected chi connectivity index (χ4v) is 6.09. The third-order valence-electron chi connectivity index (χ3n) is 9.09. The number of carbonyl (C=O) groups excluding carboxylic acids is 6. The van der Waals surface area contributed by atoms with E-state index in [9.17, 15) is 33.9 Å². The van der Waals surface area contributed by atoms with Gasteiger partial charge >= 0.3 is 12.1 Å². The lowest BCUT2D eigenvalue weighted by molar-refractivity contribution is -0.146. The minimum Gasteiger partial charge on any atom is -0.508 e. The van der Waals surface area contributed by atoms with Gasteiger partial charge in [0.2, 0.25) is 23.6 Å². The summed E-state index contributed by atoms with van der Waals surface area (Å²) < 4.78 is 10.3. The number of rotatable bonds is 19. The van der Waals surface area contributed by atoms with Gasteiger partial charge in [0.15, 0.2) is 0 Å². The highest BCUT2D eigenvalue weighted by Gasteiger charge is 2.40. The van der Waals surface area contributed by atoms with Crippen molar-refractivity contribution in [2.24, 2.45) is 17.6 Å². The van der Waals surface area contributed by atoms with Crippen LogP contribution in [0, 0.1) is 11.8 Å². The predicted octanol–water partition coefficient (Wildman–Crippen LogP) is 2.67. The van der Waals surface area contributed by atoms with E-state index in [1.807, 2.05) is 20.8 Å². The number of hydrogen-bond donors (Lipinski definition) is 6. The van der Waals surface area contributed by atoms with Crippen LogP contribution in [0.4, 0.5) is 4.79 Å². The second kappa shape index (κ2) is 21.3. The molecular weight excluding hydrogens is 684 g/mol. The average molecular weight is 747 g/mol. The summed E-state index contributed by atoms with van der Waals surface area (Å²) in [6.07, 6.45) is 2.44.